The first-order valence-electron chi connectivity index (χ1n) is 6.20. The molecular formula is C13H23NO3. The van der Waals surface area contributed by atoms with E-state index >= 15 is 0 Å². The van der Waals surface area contributed by atoms with Crippen molar-refractivity contribution in [1.82, 2.24) is 5.32 Å². The highest BCUT2D eigenvalue weighted by atomic mass is 16.6. The highest BCUT2D eigenvalue weighted by Gasteiger charge is 2.37. The molecule has 0 aliphatic carbocycles. The van der Waals surface area contributed by atoms with Gasteiger partial charge in [0, 0.05) is 18.6 Å². The van der Waals surface area contributed by atoms with Crippen molar-refractivity contribution in [3.63, 3.8) is 0 Å². The van der Waals surface area contributed by atoms with Crippen molar-refractivity contribution < 1.29 is 14.6 Å². The Balaban J connectivity index is 2.53. The Morgan fingerprint density at radius 1 is 1.53 bits per heavy atom. The van der Waals surface area contributed by atoms with E-state index in [1.807, 2.05) is 13.8 Å². The summed E-state index contributed by atoms with van der Waals surface area (Å²) in [6, 6.07) is 0.142. The maximum Gasteiger partial charge on any atom is 0.159 e. The average molecular weight is 241 g/mol. The van der Waals surface area contributed by atoms with Gasteiger partial charge in [-0.3, -0.25) is 5.32 Å². The van der Waals surface area contributed by atoms with Gasteiger partial charge in [-0.15, -0.1) is 6.42 Å². The van der Waals surface area contributed by atoms with E-state index in [2.05, 4.69) is 18.2 Å². The van der Waals surface area contributed by atoms with Crippen molar-refractivity contribution in [1.29, 1.82) is 0 Å². The zero-order valence-electron chi connectivity index (χ0n) is 10.8. The fourth-order valence-corrected chi connectivity index (χ4v) is 2.53. The van der Waals surface area contributed by atoms with Crippen molar-refractivity contribution >= 4 is 0 Å². The summed E-state index contributed by atoms with van der Waals surface area (Å²) in [7, 11) is 0. The van der Waals surface area contributed by atoms with Crippen LogP contribution in [0.5, 0.6) is 0 Å². The second kappa shape index (κ2) is 6.97. The maximum absolute atomic E-state index is 9.94. The molecule has 98 valence electrons. The normalized spacial score (nSPS) is 35.2. The van der Waals surface area contributed by atoms with Gasteiger partial charge >= 0.3 is 0 Å². The summed E-state index contributed by atoms with van der Waals surface area (Å²) in [5.41, 5.74) is 0. The lowest BCUT2D eigenvalue weighted by Crippen LogP contribution is -2.54. The van der Waals surface area contributed by atoms with Crippen LogP contribution in [-0.2, 0) is 9.47 Å². The SMILES string of the molecule is C#CCOC1CC(C)C(C(O)OCC)C(C)N1. The lowest BCUT2D eigenvalue weighted by atomic mass is 9.81. The molecule has 2 N–H and O–H groups in total. The molecule has 0 saturated carbocycles. The van der Waals surface area contributed by atoms with Crippen molar-refractivity contribution in [2.75, 3.05) is 13.2 Å². The van der Waals surface area contributed by atoms with E-state index in [0.717, 1.165) is 6.42 Å². The number of aliphatic hydroxyl groups is 1. The molecule has 0 spiro atoms. The van der Waals surface area contributed by atoms with Gasteiger partial charge < -0.3 is 14.6 Å². The highest BCUT2D eigenvalue weighted by molar-refractivity contribution is 4.88. The summed E-state index contributed by atoms with van der Waals surface area (Å²) >= 11 is 0. The number of aliphatic hydroxyl groups excluding tert-OH is 1. The number of ether oxygens (including phenoxy) is 2. The van der Waals surface area contributed by atoms with Crippen LogP contribution in [0.1, 0.15) is 27.2 Å². The van der Waals surface area contributed by atoms with Crippen LogP contribution in [-0.4, -0.2) is 36.9 Å². The number of piperidine rings is 1. The molecule has 0 aromatic rings. The first-order valence-corrected chi connectivity index (χ1v) is 6.20. The van der Waals surface area contributed by atoms with Gasteiger partial charge in [0.15, 0.2) is 6.29 Å². The Morgan fingerprint density at radius 3 is 2.76 bits per heavy atom. The van der Waals surface area contributed by atoms with Gasteiger partial charge in [0.05, 0.1) is 0 Å². The van der Waals surface area contributed by atoms with E-state index in [1.165, 1.54) is 0 Å². The summed E-state index contributed by atoms with van der Waals surface area (Å²) in [6.07, 6.45) is 5.26. The maximum atomic E-state index is 9.94. The average Bonchev–Trinajstić information content (AvgIpc) is 2.25. The Morgan fingerprint density at radius 2 is 2.24 bits per heavy atom. The minimum absolute atomic E-state index is 0.0267. The Hall–Kier alpha value is -0.600. The van der Waals surface area contributed by atoms with Gasteiger partial charge in [-0.25, -0.2) is 0 Å². The van der Waals surface area contributed by atoms with Gasteiger partial charge in [0.2, 0.25) is 0 Å². The lowest BCUT2D eigenvalue weighted by molar-refractivity contribution is -0.166. The molecule has 17 heavy (non-hydrogen) atoms. The minimum atomic E-state index is -0.717. The molecule has 4 heteroatoms. The van der Waals surface area contributed by atoms with Gasteiger partial charge in [-0.2, -0.15) is 0 Å². The molecule has 0 radical (unpaired) electrons. The summed E-state index contributed by atoms with van der Waals surface area (Å²) in [4.78, 5) is 0. The van der Waals surface area contributed by atoms with Gasteiger partial charge in [0.1, 0.15) is 12.8 Å². The summed E-state index contributed by atoms with van der Waals surface area (Å²) in [5, 5.41) is 13.3. The van der Waals surface area contributed by atoms with Crippen LogP contribution in [0.4, 0.5) is 0 Å². The topological polar surface area (TPSA) is 50.7 Å². The minimum Gasteiger partial charge on any atom is -0.368 e. The second-order valence-corrected chi connectivity index (χ2v) is 4.60. The van der Waals surface area contributed by atoms with E-state index in [1.54, 1.807) is 0 Å². The fraction of sp³-hybridized carbons (Fsp3) is 0.846. The van der Waals surface area contributed by atoms with E-state index in [0.29, 0.717) is 19.1 Å². The molecule has 1 fully saturated rings. The molecule has 0 aromatic carbocycles. The van der Waals surface area contributed by atoms with E-state index in [-0.39, 0.29) is 18.2 Å². The van der Waals surface area contributed by atoms with Crippen LogP contribution < -0.4 is 5.32 Å². The first kappa shape index (κ1) is 14.5. The largest absolute Gasteiger partial charge is 0.368 e. The zero-order chi connectivity index (χ0) is 12.8. The number of hydrogen-bond donors (Lipinski definition) is 2. The van der Waals surface area contributed by atoms with Crippen LogP contribution >= 0.6 is 0 Å². The molecule has 0 bridgehead atoms. The molecule has 4 nitrogen and oxygen atoms in total. The van der Waals surface area contributed by atoms with Crippen molar-refractivity contribution in [3.05, 3.63) is 0 Å². The molecule has 1 heterocycles. The smallest absolute Gasteiger partial charge is 0.159 e. The predicted molar refractivity (Wildman–Crippen MR) is 66.1 cm³/mol. The van der Waals surface area contributed by atoms with E-state index in [9.17, 15) is 5.11 Å². The monoisotopic (exact) mass is 241 g/mol. The molecule has 1 rings (SSSR count). The zero-order valence-corrected chi connectivity index (χ0v) is 10.8. The molecule has 1 aliphatic heterocycles. The molecule has 1 aliphatic rings. The summed E-state index contributed by atoms with van der Waals surface area (Å²) < 4.78 is 10.8. The summed E-state index contributed by atoms with van der Waals surface area (Å²) in [5.74, 6) is 2.88. The van der Waals surface area contributed by atoms with Crippen molar-refractivity contribution in [2.45, 2.75) is 45.8 Å². The number of terminal acetylenes is 1. The summed E-state index contributed by atoms with van der Waals surface area (Å²) in [6.45, 7) is 6.86. The Bertz CT molecular complexity index is 252. The Labute approximate surface area is 104 Å². The van der Waals surface area contributed by atoms with Crippen LogP contribution in [0.3, 0.4) is 0 Å². The van der Waals surface area contributed by atoms with Gasteiger partial charge in [-0.05, 0) is 26.2 Å². The molecular weight excluding hydrogens is 218 g/mol. The quantitative estimate of drug-likeness (QED) is 0.556. The number of hydrogen-bond acceptors (Lipinski definition) is 4. The molecule has 1 saturated heterocycles. The highest BCUT2D eigenvalue weighted by Crippen LogP contribution is 2.29. The van der Waals surface area contributed by atoms with Gasteiger partial charge in [-0.1, -0.05) is 12.8 Å². The molecule has 5 atom stereocenters. The Kier molecular flexibility index (Phi) is 5.93. The van der Waals surface area contributed by atoms with Crippen LogP contribution in [0.25, 0.3) is 0 Å². The fourth-order valence-electron chi connectivity index (χ4n) is 2.53. The van der Waals surface area contributed by atoms with Gasteiger partial charge in [0.25, 0.3) is 0 Å². The first-order chi connectivity index (χ1) is 8.10. The standard InChI is InChI=1S/C13H23NO3/c1-5-7-17-11-8-9(3)12(10(4)14-11)13(15)16-6-2/h1,9-15H,6-8H2,2-4H3. The molecule has 0 aromatic heterocycles. The van der Waals surface area contributed by atoms with Crippen molar-refractivity contribution in [2.24, 2.45) is 11.8 Å². The molecule has 0 amide bonds. The predicted octanol–water partition coefficient (Wildman–Crippen LogP) is 0.951. The van der Waals surface area contributed by atoms with Crippen LogP contribution in [0.15, 0.2) is 0 Å². The van der Waals surface area contributed by atoms with Crippen LogP contribution in [0, 0.1) is 24.2 Å². The number of rotatable bonds is 5. The van der Waals surface area contributed by atoms with Crippen molar-refractivity contribution in [3.8, 4) is 12.3 Å². The lowest BCUT2D eigenvalue weighted by Gasteiger charge is -2.41. The number of nitrogens with one attached hydrogen (secondary N) is 1. The van der Waals surface area contributed by atoms with E-state index < -0.39 is 6.29 Å². The third-order valence-electron chi connectivity index (χ3n) is 3.30. The second-order valence-electron chi connectivity index (χ2n) is 4.60. The van der Waals surface area contributed by atoms with Crippen LogP contribution in [0.2, 0.25) is 0 Å². The molecule has 5 unspecified atom stereocenters. The third-order valence-corrected chi connectivity index (χ3v) is 3.30. The third kappa shape index (κ3) is 3.97. The van der Waals surface area contributed by atoms with E-state index in [4.69, 9.17) is 15.9 Å².